The van der Waals surface area contributed by atoms with Gasteiger partial charge in [-0.1, -0.05) is 6.92 Å². The van der Waals surface area contributed by atoms with Gasteiger partial charge in [-0.25, -0.2) is 4.98 Å². The van der Waals surface area contributed by atoms with Gasteiger partial charge >= 0.3 is 0 Å². The summed E-state index contributed by atoms with van der Waals surface area (Å²) in [5.41, 5.74) is 1.29. The lowest BCUT2D eigenvalue weighted by atomic mass is 10.1. The molecule has 1 N–H and O–H groups in total. The maximum Gasteiger partial charge on any atom is 0.0948 e. The number of rotatable bonds is 5. The van der Waals surface area contributed by atoms with Crippen molar-refractivity contribution in [2.75, 3.05) is 19.7 Å². The van der Waals surface area contributed by atoms with E-state index in [-0.39, 0.29) is 0 Å². The van der Waals surface area contributed by atoms with Gasteiger partial charge in [0.2, 0.25) is 0 Å². The lowest BCUT2D eigenvalue weighted by molar-refractivity contribution is 0.0282. The zero-order valence-corrected chi connectivity index (χ0v) is 9.98. The maximum atomic E-state index is 5.87. The van der Waals surface area contributed by atoms with E-state index < -0.39 is 0 Å². The molecule has 0 amide bonds. The SMILES string of the molecule is CCc1cncn1CCOC1CCNCC1. The molecule has 1 aromatic rings. The van der Waals surface area contributed by atoms with E-state index in [1.165, 1.54) is 5.69 Å². The molecule has 4 heteroatoms. The van der Waals surface area contributed by atoms with Crippen molar-refractivity contribution < 1.29 is 4.74 Å². The second-order valence-corrected chi connectivity index (χ2v) is 4.25. The van der Waals surface area contributed by atoms with Crippen molar-refractivity contribution in [3.8, 4) is 0 Å². The third-order valence-corrected chi connectivity index (χ3v) is 3.13. The summed E-state index contributed by atoms with van der Waals surface area (Å²) < 4.78 is 8.05. The Kier molecular flexibility index (Phi) is 4.36. The van der Waals surface area contributed by atoms with Gasteiger partial charge in [0.25, 0.3) is 0 Å². The third kappa shape index (κ3) is 3.06. The molecule has 0 saturated carbocycles. The molecule has 4 nitrogen and oxygen atoms in total. The molecule has 0 aromatic carbocycles. The Hall–Kier alpha value is -0.870. The van der Waals surface area contributed by atoms with Crippen LogP contribution in [-0.4, -0.2) is 35.4 Å². The molecule has 0 atom stereocenters. The number of imidazole rings is 1. The van der Waals surface area contributed by atoms with Gasteiger partial charge in [0, 0.05) is 18.4 Å². The lowest BCUT2D eigenvalue weighted by Gasteiger charge is -2.23. The Bertz CT molecular complexity index is 305. The molecule has 90 valence electrons. The molecule has 2 rings (SSSR count). The summed E-state index contributed by atoms with van der Waals surface area (Å²) in [7, 11) is 0. The smallest absolute Gasteiger partial charge is 0.0948 e. The van der Waals surface area contributed by atoms with Crippen molar-refractivity contribution >= 4 is 0 Å². The van der Waals surface area contributed by atoms with Gasteiger partial charge in [-0.15, -0.1) is 0 Å². The minimum atomic E-state index is 0.454. The van der Waals surface area contributed by atoms with E-state index in [1.807, 2.05) is 12.5 Å². The highest BCUT2D eigenvalue weighted by molar-refractivity contribution is 4.97. The van der Waals surface area contributed by atoms with Crippen LogP contribution in [-0.2, 0) is 17.7 Å². The Morgan fingerprint density at radius 3 is 3.06 bits per heavy atom. The van der Waals surface area contributed by atoms with Gasteiger partial charge in [0.1, 0.15) is 0 Å². The molecule has 1 fully saturated rings. The summed E-state index contributed by atoms with van der Waals surface area (Å²) >= 11 is 0. The van der Waals surface area contributed by atoms with Gasteiger partial charge in [-0.3, -0.25) is 0 Å². The van der Waals surface area contributed by atoms with Crippen molar-refractivity contribution in [2.24, 2.45) is 0 Å². The predicted molar refractivity (Wildman–Crippen MR) is 63.4 cm³/mol. The second kappa shape index (κ2) is 6.01. The number of nitrogens with zero attached hydrogens (tertiary/aromatic N) is 2. The minimum Gasteiger partial charge on any atom is -0.376 e. The molecule has 0 radical (unpaired) electrons. The second-order valence-electron chi connectivity index (χ2n) is 4.25. The van der Waals surface area contributed by atoms with Crippen molar-refractivity contribution in [1.29, 1.82) is 0 Å². The molecule has 1 aliphatic heterocycles. The normalized spacial score (nSPS) is 17.8. The molecule has 0 spiro atoms. The Morgan fingerprint density at radius 2 is 2.31 bits per heavy atom. The first-order valence-electron chi connectivity index (χ1n) is 6.21. The first-order valence-corrected chi connectivity index (χ1v) is 6.21. The summed E-state index contributed by atoms with van der Waals surface area (Å²) in [5, 5.41) is 3.34. The number of hydrogen-bond acceptors (Lipinski definition) is 3. The highest BCUT2D eigenvalue weighted by atomic mass is 16.5. The van der Waals surface area contributed by atoms with E-state index in [2.05, 4.69) is 21.8 Å². The zero-order valence-electron chi connectivity index (χ0n) is 9.98. The Labute approximate surface area is 97.0 Å². The van der Waals surface area contributed by atoms with Crippen LogP contribution in [0.2, 0.25) is 0 Å². The summed E-state index contributed by atoms with van der Waals surface area (Å²) in [5.74, 6) is 0. The number of ether oxygens (including phenoxy) is 1. The standard InChI is InChI=1S/C12H21N3O/c1-2-11-9-14-10-15(11)7-8-16-12-3-5-13-6-4-12/h9-10,12-13H,2-8H2,1H3. The highest BCUT2D eigenvalue weighted by Gasteiger charge is 2.12. The fraction of sp³-hybridized carbons (Fsp3) is 0.750. The highest BCUT2D eigenvalue weighted by Crippen LogP contribution is 2.07. The molecule has 1 saturated heterocycles. The van der Waals surface area contributed by atoms with E-state index in [0.29, 0.717) is 6.10 Å². The van der Waals surface area contributed by atoms with Gasteiger partial charge in [0.15, 0.2) is 0 Å². The molecule has 16 heavy (non-hydrogen) atoms. The summed E-state index contributed by atoms with van der Waals surface area (Å²) in [6.07, 6.45) is 7.60. The van der Waals surface area contributed by atoms with E-state index >= 15 is 0 Å². The Balaban J connectivity index is 1.71. The average molecular weight is 223 g/mol. The number of aryl methyl sites for hydroxylation is 1. The van der Waals surface area contributed by atoms with Gasteiger partial charge in [-0.2, -0.15) is 0 Å². The van der Waals surface area contributed by atoms with Crippen molar-refractivity contribution in [2.45, 2.75) is 38.8 Å². The number of hydrogen-bond donors (Lipinski definition) is 1. The van der Waals surface area contributed by atoms with Crippen LogP contribution in [0, 0.1) is 0 Å². The number of aromatic nitrogens is 2. The van der Waals surface area contributed by atoms with Crippen molar-refractivity contribution in [1.82, 2.24) is 14.9 Å². The predicted octanol–water partition coefficient (Wildman–Crippen LogP) is 1.21. The third-order valence-electron chi connectivity index (χ3n) is 3.13. The first-order chi connectivity index (χ1) is 7.90. The fourth-order valence-corrected chi connectivity index (χ4v) is 2.12. The molecular formula is C12H21N3O. The number of nitrogens with one attached hydrogen (secondary N) is 1. The zero-order chi connectivity index (χ0) is 11.2. The van der Waals surface area contributed by atoms with Crippen molar-refractivity contribution in [3.05, 3.63) is 18.2 Å². The molecule has 2 heterocycles. The number of piperidine rings is 1. The molecular weight excluding hydrogens is 202 g/mol. The van der Waals surface area contributed by atoms with Crippen LogP contribution in [0.3, 0.4) is 0 Å². The molecule has 0 unspecified atom stereocenters. The van der Waals surface area contributed by atoms with Crippen LogP contribution in [0.15, 0.2) is 12.5 Å². The first kappa shape index (κ1) is 11.6. The quantitative estimate of drug-likeness (QED) is 0.815. The maximum absolute atomic E-state index is 5.87. The minimum absolute atomic E-state index is 0.454. The van der Waals surface area contributed by atoms with E-state index in [9.17, 15) is 0 Å². The average Bonchev–Trinajstić information content (AvgIpc) is 2.78. The van der Waals surface area contributed by atoms with Crippen LogP contribution in [0.4, 0.5) is 0 Å². The summed E-state index contributed by atoms with van der Waals surface area (Å²) in [6.45, 7) is 6.06. The molecule has 0 aliphatic carbocycles. The van der Waals surface area contributed by atoms with Crippen LogP contribution in [0.25, 0.3) is 0 Å². The van der Waals surface area contributed by atoms with Crippen LogP contribution in [0.5, 0.6) is 0 Å². The van der Waals surface area contributed by atoms with E-state index in [4.69, 9.17) is 4.74 Å². The van der Waals surface area contributed by atoms with Gasteiger partial charge < -0.3 is 14.6 Å². The van der Waals surface area contributed by atoms with Crippen LogP contribution < -0.4 is 5.32 Å². The molecule has 1 aromatic heterocycles. The van der Waals surface area contributed by atoms with Crippen LogP contribution in [0.1, 0.15) is 25.5 Å². The molecule has 1 aliphatic rings. The van der Waals surface area contributed by atoms with Crippen LogP contribution >= 0.6 is 0 Å². The summed E-state index contributed by atoms with van der Waals surface area (Å²) in [6, 6.07) is 0. The van der Waals surface area contributed by atoms with Gasteiger partial charge in [0.05, 0.1) is 19.0 Å². The van der Waals surface area contributed by atoms with Crippen molar-refractivity contribution in [3.63, 3.8) is 0 Å². The fourth-order valence-electron chi connectivity index (χ4n) is 2.12. The topological polar surface area (TPSA) is 39.1 Å². The van der Waals surface area contributed by atoms with Gasteiger partial charge in [-0.05, 0) is 32.4 Å². The summed E-state index contributed by atoms with van der Waals surface area (Å²) in [4.78, 5) is 4.16. The van der Waals surface area contributed by atoms with E-state index in [1.54, 1.807) is 0 Å². The lowest BCUT2D eigenvalue weighted by Crippen LogP contribution is -2.33. The molecule has 0 bridgehead atoms. The Morgan fingerprint density at radius 1 is 1.50 bits per heavy atom. The largest absolute Gasteiger partial charge is 0.376 e. The van der Waals surface area contributed by atoms with E-state index in [0.717, 1.165) is 45.5 Å². The monoisotopic (exact) mass is 223 g/mol.